The van der Waals surface area contributed by atoms with Gasteiger partial charge in [0, 0.05) is 25.5 Å². The first-order valence-corrected chi connectivity index (χ1v) is 7.24. The number of aliphatic carboxylic acids is 1. The molecule has 0 radical (unpaired) electrons. The van der Waals surface area contributed by atoms with Crippen molar-refractivity contribution in [3.63, 3.8) is 0 Å². The lowest BCUT2D eigenvalue weighted by Crippen LogP contribution is -2.31. The van der Waals surface area contributed by atoms with Gasteiger partial charge in [-0.15, -0.1) is 0 Å². The summed E-state index contributed by atoms with van der Waals surface area (Å²) in [5.74, 6) is -0.0727. The highest BCUT2D eigenvalue weighted by molar-refractivity contribution is 5.69. The van der Waals surface area contributed by atoms with E-state index < -0.39 is 5.97 Å². The minimum Gasteiger partial charge on any atom is -0.480 e. The summed E-state index contributed by atoms with van der Waals surface area (Å²) in [6.45, 7) is 1.67. The number of rotatable bonds is 7. The van der Waals surface area contributed by atoms with Gasteiger partial charge in [-0.25, -0.2) is 4.68 Å². The molecule has 0 atom stereocenters. The van der Waals surface area contributed by atoms with Crippen molar-refractivity contribution < 1.29 is 9.90 Å². The Morgan fingerprint density at radius 2 is 2.10 bits per heavy atom. The monoisotopic (exact) mass is 285 g/mol. The van der Waals surface area contributed by atoms with E-state index in [0.29, 0.717) is 12.5 Å². The topological polar surface area (TPSA) is 58.4 Å². The Morgan fingerprint density at radius 1 is 1.33 bits per heavy atom. The molecule has 1 aromatic carbocycles. The van der Waals surface area contributed by atoms with Crippen LogP contribution in [-0.4, -0.2) is 38.8 Å². The zero-order chi connectivity index (χ0) is 14.7. The van der Waals surface area contributed by atoms with Crippen LogP contribution in [0.1, 0.15) is 18.4 Å². The van der Waals surface area contributed by atoms with Crippen molar-refractivity contribution in [3.8, 4) is 5.69 Å². The van der Waals surface area contributed by atoms with E-state index in [1.165, 1.54) is 12.8 Å². The van der Waals surface area contributed by atoms with Crippen molar-refractivity contribution in [1.29, 1.82) is 0 Å². The summed E-state index contributed by atoms with van der Waals surface area (Å²) >= 11 is 0. The summed E-state index contributed by atoms with van der Waals surface area (Å²) in [4.78, 5) is 13.0. The van der Waals surface area contributed by atoms with Gasteiger partial charge in [-0.2, -0.15) is 5.10 Å². The summed E-state index contributed by atoms with van der Waals surface area (Å²) in [5.41, 5.74) is 2.14. The summed E-state index contributed by atoms with van der Waals surface area (Å²) in [7, 11) is 0. The largest absolute Gasteiger partial charge is 0.480 e. The third-order valence-corrected chi connectivity index (χ3v) is 3.68. The van der Waals surface area contributed by atoms with E-state index in [2.05, 4.69) is 5.10 Å². The van der Waals surface area contributed by atoms with Crippen molar-refractivity contribution in [1.82, 2.24) is 14.7 Å². The van der Waals surface area contributed by atoms with E-state index in [1.807, 2.05) is 46.1 Å². The van der Waals surface area contributed by atoms with Crippen molar-refractivity contribution in [3.05, 3.63) is 48.3 Å². The lowest BCUT2D eigenvalue weighted by molar-refractivity contribution is -0.138. The average Bonchev–Trinajstić information content (AvgIpc) is 3.09. The van der Waals surface area contributed by atoms with E-state index in [-0.39, 0.29) is 6.54 Å². The highest BCUT2D eigenvalue weighted by Crippen LogP contribution is 2.30. The molecule has 5 nitrogen and oxygen atoms in total. The molecule has 0 aliphatic heterocycles. The molecular weight excluding hydrogens is 266 g/mol. The Labute approximate surface area is 123 Å². The maximum atomic E-state index is 11.0. The zero-order valence-electron chi connectivity index (χ0n) is 11.9. The normalized spacial score (nSPS) is 14.5. The molecule has 3 rings (SSSR count). The molecule has 1 saturated carbocycles. The van der Waals surface area contributed by atoms with Gasteiger partial charge in [0.2, 0.25) is 0 Å². The van der Waals surface area contributed by atoms with Crippen LogP contribution in [0.3, 0.4) is 0 Å². The molecular formula is C16H19N3O2. The molecule has 1 N–H and O–H groups in total. The average molecular weight is 285 g/mol. The van der Waals surface area contributed by atoms with Gasteiger partial charge >= 0.3 is 5.97 Å². The van der Waals surface area contributed by atoms with Crippen LogP contribution in [0.4, 0.5) is 0 Å². The van der Waals surface area contributed by atoms with Gasteiger partial charge in [-0.3, -0.25) is 9.69 Å². The maximum Gasteiger partial charge on any atom is 0.317 e. The van der Waals surface area contributed by atoms with Gasteiger partial charge in [-0.1, -0.05) is 12.1 Å². The summed E-state index contributed by atoms with van der Waals surface area (Å²) < 4.78 is 1.81. The molecule has 0 amide bonds. The first kappa shape index (κ1) is 13.8. The van der Waals surface area contributed by atoms with Gasteiger partial charge in [0.25, 0.3) is 0 Å². The molecule has 2 aromatic rings. The van der Waals surface area contributed by atoms with Crippen molar-refractivity contribution >= 4 is 5.97 Å². The predicted octanol–water partition coefficient (Wildman–Crippen LogP) is 2.17. The SMILES string of the molecule is O=C(O)CN(Cc1ccc(-n2cccn2)cc1)CC1CC1. The zero-order valence-corrected chi connectivity index (χ0v) is 11.9. The van der Waals surface area contributed by atoms with Gasteiger partial charge in [-0.05, 0) is 42.5 Å². The number of hydrogen-bond donors (Lipinski definition) is 1. The van der Waals surface area contributed by atoms with E-state index in [4.69, 9.17) is 5.11 Å². The lowest BCUT2D eigenvalue weighted by atomic mass is 10.2. The number of carboxylic acid groups (broad SMARTS) is 1. The molecule has 1 fully saturated rings. The third kappa shape index (κ3) is 3.92. The fourth-order valence-electron chi connectivity index (χ4n) is 2.48. The molecule has 1 aromatic heterocycles. The number of aromatic nitrogens is 2. The number of carbonyl (C=O) groups is 1. The Balaban J connectivity index is 1.65. The molecule has 5 heteroatoms. The van der Waals surface area contributed by atoms with Gasteiger partial charge in [0.15, 0.2) is 0 Å². The Hall–Kier alpha value is -2.14. The quantitative estimate of drug-likeness (QED) is 0.847. The fraction of sp³-hybridized carbons (Fsp3) is 0.375. The molecule has 1 aliphatic carbocycles. The molecule has 1 aliphatic rings. The van der Waals surface area contributed by atoms with Gasteiger partial charge in [0.1, 0.15) is 0 Å². The second-order valence-corrected chi connectivity index (χ2v) is 5.62. The van der Waals surface area contributed by atoms with Crippen LogP contribution >= 0.6 is 0 Å². The number of nitrogens with zero attached hydrogens (tertiary/aromatic N) is 3. The van der Waals surface area contributed by atoms with Crippen LogP contribution in [-0.2, 0) is 11.3 Å². The van der Waals surface area contributed by atoms with E-state index >= 15 is 0 Å². The van der Waals surface area contributed by atoms with Crippen LogP contribution in [0.5, 0.6) is 0 Å². The predicted molar refractivity (Wildman–Crippen MR) is 79.2 cm³/mol. The Bertz CT molecular complexity index is 588. The first-order chi connectivity index (χ1) is 10.2. The number of carboxylic acids is 1. The first-order valence-electron chi connectivity index (χ1n) is 7.24. The van der Waals surface area contributed by atoms with Crippen molar-refractivity contribution in [2.24, 2.45) is 5.92 Å². The van der Waals surface area contributed by atoms with Crippen LogP contribution in [0, 0.1) is 5.92 Å². The lowest BCUT2D eigenvalue weighted by Gasteiger charge is -2.20. The number of benzene rings is 1. The molecule has 21 heavy (non-hydrogen) atoms. The highest BCUT2D eigenvalue weighted by Gasteiger charge is 2.25. The second-order valence-electron chi connectivity index (χ2n) is 5.62. The Morgan fingerprint density at radius 3 is 2.67 bits per heavy atom. The molecule has 110 valence electrons. The van der Waals surface area contributed by atoms with Crippen LogP contribution in [0.25, 0.3) is 5.69 Å². The molecule has 0 unspecified atom stereocenters. The second kappa shape index (κ2) is 6.10. The molecule has 0 spiro atoms. The van der Waals surface area contributed by atoms with Crippen molar-refractivity contribution in [2.75, 3.05) is 13.1 Å². The van der Waals surface area contributed by atoms with Crippen LogP contribution in [0.2, 0.25) is 0 Å². The summed E-state index contributed by atoms with van der Waals surface area (Å²) in [6, 6.07) is 9.99. The summed E-state index contributed by atoms with van der Waals surface area (Å²) in [6.07, 6.45) is 6.11. The van der Waals surface area contributed by atoms with E-state index in [9.17, 15) is 4.79 Å². The fourth-order valence-corrected chi connectivity index (χ4v) is 2.48. The third-order valence-electron chi connectivity index (χ3n) is 3.68. The van der Waals surface area contributed by atoms with Crippen LogP contribution < -0.4 is 0 Å². The van der Waals surface area contributed by atoms with Crippen LogP contribution in [0.15, 0.2) is 42.7 Å². The number of hydrogen-bond acceptors (Lipinski definition) is 3. The van der Waals surface area contributed by atoms with Gasteiger partial charge in [0.05, 0.1) is 12.2 Å². The maximum absolute atomic E-state index is 11.0. The van der Waals surface area contributed by atoms with Crippen molar-refractivity contribution in [2.45, 2.75) is 19.4 Å². The molecule has 0 saturated heterocycles. The minimum atomic E-state index is -0.760. The summed E-state index contributed by atoms with van der Waals surface area (Å²) in [5, 5.41) is 13.2. The molecule has 1 heterocycles. The smallest absolute Gasteiger partial charge is 0.317 e. The van der Waals surface area contributed by atoms with Gasteiger partial charge < -0.3 is 5.11 Å². The molecule has 0 bridgehead atoms. The van der Waals surface area contributed by atoms with E-state index in [1.54, 1.807) is 6.20 Å². The minimum absolute atomic E-state index is 0.109. The Kier molecular flexibility index (Phi) is 4.01. The van der Waals surface area contributed by atoms with E-state index in [0.717, 1.165) is 17.8 Å². The highest BCUT2D eigenvalue weighted by atomic mass is 16.4. The standard InChI is InChI=1S/C16H19N3O2/c20-16(21)12-18(10-13-2-3-13)11-14-4-6-15(7-5-14)19-9-1-8-17-19/h1,4-9,13H,2-3,10-12H2,(H,20,21).